The Kier molecular flexibility index (Phi) is 3.68. The molecule has 0 amide bonds. The van der Waals surface area contributed by atoms with Crippen molar-refractivity contribution in [1.82, 2.24) is 4.98 Å². The summed E-state index contributed by atoms with van der Waals surface area (Å²) < 4.78 is 5.48. The number of hydrogen-bond acceptors (Lipinski definition) is 4. The first kappa shape index (κ1) is 13.1. The second-order valence-corrected chi connectivity index (χ2v) is 5.47. The molecule has 4 heteroatoms. The van der Waals surface area contributed by atoms with Crippen molar-refractivity contribution in [3.8, 4) is 16.3 Å². The molecule has 0 aliphatic rings. The van der Waals surface area contributed by atoms with Gasteiger partial charge in [0.1, 0.15) is 10.8 Å². The van der Waals surface area contributed by atoms with Gasteiger partial charge in [0.25, 0.3) is 0 Å². The molecule has 0 spiro atoms. The van der Waals surface area contributed by atoms with E-state index < -0.39 is 0 Å². The fourth-order valence-electron chi connectivity index (χ4n) is 2.09. The highest BCUT2D eigenvalue weighted by Crippen LogP contribution is 2.37. The van der Waals surface area contributed by atoms with Gasteiger partial charge >= 0.3 is 0 Å². The second-order valence-electron chi connectivity index (χ2n) is 4.39. The third-order valence-electron chi connectivity index (χ3n) is 2.96. The molecule has 0 radical (unpaired) electrons. The Morgan fingerprint density at radius 2 is 2.00 bits per heavy atom. The Labute approximate surface area is 112 Å². The first-order valence-electron chi connectivity index (χ1n) is 5.88. The number of aryl methyl sites for hydroxylation is 3. The van der Waals surface area contributed by atoms with Crippen molar-refractivity contribution in [2.45, 2.75) is 27.3 Å². The predicted octanol–water partition coefficient (Wildman–Crippen LogP) is 3.20. The van der Waals surface area contributed by atoms with Gasteiger partial charge in [-0.25, -0.2) is 4.98 Å². The fourth-order valence-corrected chi connectivity index (χ4v) is 3.14. The molecular formula is C14H18N2OS. The minimum atomic E-state index is 0.538. The van der Waals surface area contributed by atoms with Crippen molar-refractivity contribution in [2.75, 3.05) is 7.11 Å². The summed E-state index contributed by atoms with van der Waals surface area (Å²) in [7, 11) is 1.70. The van der Waals surface area contributed by atoms with Gasteiger partial charge in [0.2, 0.25) is 0 Å². The number of aromatic nitrogens is 1. The van der Waals surface area contributed by atoms with Crippen molar-refractivity contribution in [1.29, 1.82) is 0 Å². The van der Waals surface area contributed by atoms with Crippen molar-refractivity contribution < 1.29 is 4.74 Å². The lowest BCUT2D eigenvalue weighted by Gasteiger charge is -2.10. The van der Waals surface area contributed by atoms with Crippen LogP contribution in [0.3, 0.4) is 0 Å². The van der Waals surface area contributed by atoms with Crippen LogP contribution in [0.2, 0.25) is 0 Å². The van der Waals surface area contributed by atoms with Crippen LogP contribution >= 0.6 is 11.3 Å². The topological polar surface area (TPSA) is 48.1 Å². The summed E-state index contributed by atoms with van der Waals surface area (Å²) in [5.74, 6) is 0.879. The average molecular weight is 262 g/mol. The van der Waals surface area contributed by atoms with Crippen LogP contribution in [0.1, 0.15) is 21.7 Å². The first-order chi connectivity index (χ1) is 8.56. The minimum absolute atomic E-state index is 0.538. The highest BCUT2D eigenvalue weighted by Gasteiger charge is 2.15. The number of rotatable bonds is 3. The van der Waals surface area contributed by atoms with Crippen LogP contribution < -0.4 is 10.5 Å². The maximum absolute atomic E-state index is 5.71. The van der Waals surface area contributed by atoms with Crippen molar-refractivity contribution in [3.05, 3.63) is 33.8 Å². The number of thiazole rings is 1. The van der Waals surface area contributed by atoms with Crippen LogP contribution in [-0.4, -0.2) is 12.1 Å². The first-order valence-corrected chi connectivity index (χ1v) is 6.70. The molecule has 1 aromatic carbocycles. The maximum Gasteiger partial charge on any atom is 0.129 e. The molecule has 0 saturated heterocycles. The summed E-state index contributed by atoms with van der Waals surface area (Å²) in [6.07, 6.45) is 0. The van der Waals surface area contributed by atoms with E-state index in [0.29, 0.717) is 6.54 Å². The lowest BCUT2D eigenvalue weighted by Crippen LogP contribution is -1.94. The van der Waals surface area contributed by atoms with E-state index in [1.165, 1.54) is 11.1 Å². The van der Waals surface area contributed by atoms with Crippen LogP contribution in [0.15, 0.2) is 12.1 Å². The van der Waals surface area contributed by atoms with Gasteiger partial charge in [-0.1, -0.05) is 6.07 Å². The number of methoxy groups -OCH3 is 1. The van der Waals surface area contributed by atoms with Gasteiger partial charge in [-0.05, 0) is 38.0 Å². The Bertz CT molecular complexity index is 575. The van der Waals surface area contributed by atoms with Crippen LogP contribution in [0.5, 0.6) is 5.75 Å². The molecule has 2 rings (SSSR count). The molecule has 0 saturated carbocycles. The maximum atomic E-state index is 5.71. The number of ether oxygens (including phenoxy) is 1. The van der Waals surface area contributed by atoms with Crippen LogP contribution in [-0.2, 0) is 6.54 Å². The zero-order chi connectivity index (χ0) is 13.3. The number of nitrogens with two attached hydrogens (primary N) is 1. The van der Waals surface area contributed by atoms with Gasteiger partial charge < -0.3 is 10.5 Å². The standard InChI is InChI=1S/C14H18N2OS/c1-8-5-9(2)13(11(6-8)17-4)14-16-10(3)12(7-15)18-14/h5-6H,7,15H2,1-4H3. The number of hydrogen-bond donors (Lipinski definition) is 1. The highest BCUT2D eigenvalue weighted by atomic mass is 32.1. The Morgan fingerprint density at radius 1 is 1.28 bits per heavy atom. The van der Waals surface area contributed by atoms with Crippen molar-refractivity contribution in [3.63, 3.8) is 0 Å². The van der Waals surface area contributed by atoms with Gasteiger partial charge in [0.05, 0.1) is 18.4 Å². The van der Waals surface area contributed by atoms with Gasteiger partial charge in [-0.2, -0.15) is 0 Å². The van der Waals surface area contributed by atoms with E-state index in [-0.39, 0.29) is 0 Å². The summed E-state index contributed by atoms with van der Waals surface area (Å²) in [5.41, 5.74) is 10.2. The molecule has 1 heterocycles. The number of benzene rings is 1. The van der Waals surface area contributed by atoms with Gasteiger partial charge in [0.15, 0.2) is 0 Å². The molecule has 0 atom stereocenters. The normalized spacial score (nSPS) is 10.7. The van der Waals surface area contributed by atoms with Gasteiger partial charge in [-0.3, -0.25) is 0 Å². The largest absolute Gasteiger partial charge is 0.496 e. The van der Waals surface area contributed by atoms with Gasteiger partial charge in [0, 0.05) is 11.4 Å². The van der Waals surface area contributed by atoms with E-state index in [2.05, 4.69) is 24.9 Å². The molecule has 96 valence electrons. The fraction of sp³-hybridized carbons (Fsp3) is 0.357. The SMILES string of the molecule is COc1cc(C)cc(C)c1-c1nc(C)c(CN)s1. The molecule has 0 aliphatic heterocycles. The summed E-state index contributed by atoms with van der Waals surface area (Å²) in [4.78, 5) is 5.74. The Morgan fingerprint density at radius 3 is 2.56 bits per heavy atom. The third-order valence-corrected chi connectivity index (χ3v) is 4.15. The molecule has 18 heavy (non-hydrogen) atoms. The predicted molar refractivity (Wildman–Crippen MR) is 76.2 cm³/mol. The molecule has 1 aromatic heterocycles. The van der Waals surface area contributed by atoms with E-state index in [1.54, 1.807) is 18.4 Å². The van der Waals surface area contributed by atoms with Crippen molar-refractivity contribution in [2.24, 2.45) is 5.73 Å². The molecular weight excluding hydrogens is 244 g/mol. The van der Waals surface area contributed by atoms with E-state index in [4.69, 9.17) is 10.5 Å². The summed E-state index contributed by atoms with van der Waals surface area (Å²) in [6, 6.07) is 4.19. The van der Waals surface area contributed by atoms with E-state index in [1.807, 2.05) is 13.0 Å². The van der Waals surface area contributed by atoms with Crippen LogP contribution in [0.4, 0.5) is 0 Å². The molecule has 2 aromatic rings. The van der Waals surface area contributed by atoms with Crippen molar-refractivity contribution >= 4 is 11.3 Å². The van der Waals surface area contributed by atoms with E-state index in [9.17, 15) is 0 Å². The summed E-state index contributed by atoms with van der Waals surface area (Å²) in [6.45, 7) is 6.69. The Hall–Kier alpha value is -1.39. The molecule has 0 fully saturated rings. The van der Waals surface area contributed by atoms with Crippen LogP contribution in [0, 0.1) is 20.8 Å². The molecule has 2 N–H and O–H groups in total. The zero-order valence-electron chi connectivity index (χ0n) is 11.2. The smallest absolute Gasteiger partial charge is 0.129 e. The summed E-state index contributed by atoms with van der Waals surface area (Å²) >= 11 is 1.65. The van der Waals surface area contributed by atoms with Crippen LogP contribution in [0.25, 0.3) is 10.6 Å². The van der Waals surface area contributed by atoms with E-state index in [0.717, 1.165) is 26.9 Å². The molecule has 3 nitrogen and oxygen atoms in total. The molecule has 0 aliphatic carbocycles. The lowest BCUT2D eigenvalue weighted by molar-refractivity contribution is 0.416. The monoisotopic (exact) mass is 262 g/mol. The van der Waals surface area contributed by atoms with Gasteiger partial charge in [-0.15, -0.1) is 11.3 Å². The zero-order valence-corrected chi connectivity index (χ0v) is 12.0. The lowest BCUT2D eigenvalue weighted by atomic mass is 10.0. The number of nitrogens with zero attached hydrogens (tertiary/aromatic N) is 1. The summed E-state index contributed by atoms with van der Waals surface area (Å²) in [5, 5.41) is 0.988. The highest BCUT2D eigenvalue weighted by molar-refractivity contribution is 7.15. The molecule has 0 unspecified atom stereocenters. The molecule has 0 bridgehead atoms. The minimum Gasteiger partial charge on any atom is -0.496 e. The quantitative estimate of drug-likeness (QED) is 0.924. The second kappa shape index (κ2) is 5.08. The Balaban J connectivity index is 2.62. The van der Waals surface area contributed by atoms with E-state index >= 15 is 0 Å². The average Bonchev–Trinajstić information content (AvgIpc) is 2.68. The third kappa shape index (κ3) is 2.26.